The van der Waals surface area contributed by atoms with Crippen molar-refractivity contribution in [3.05, 3.63) is 30.3 Å². The Hall–Kier alpha value is -2.04. The minimum atomic E-state index is -0.227. The average Bonchev–Trinajstić information content (AvgIpc) is 2.49. The second kappa shape index (κ2) is 9.80. The van der Waals surface area contributed by atoms with Gasteiger partial charge in [-0.1, -0.05) is 18.2 Å². The molecule has 0 aromatic heterocycles. The number of para-hydroxylation sites is 1. The van der Waals surface area contributed by atoms with Crippen LogP contribution in [-0.2, 0) is 19.1 Å². The van der Waals surface area contributed by atoms with Gasteiger partial charge in [0.1, 0.15) is 0 Å². The fraction of sp³-hybridized carbons (Fsp3) is 0.500. The van der Waals surface area contributed by atoms with Gasteiger partial charge in [0.05, 0.1) is 26.1 Å². The average molecular weight is 293 g/mol. The summed E-state index contributed by atoms with van der Waals surface area (Å²) in [5, 5.41) is 0. The molecule has 0 N–H and O–H groups in total. The Balaban J connectivity index is 2.58. The first kappa shape index (κ1) is 17.0. The van der Waals surface area contributed by atoms with Crippen molar-refractivity contribution in [2.45, 2.75) is 26.7 Å². The minimum absolute atomic E-state index is 0.227. The maximum atomic E-state index is 11.5. The summed E-state index contributed by atoms with van der Waals surface area (Å²) in [4.78, 5) is 25.0. The van der Waals surface area contributed by atoms with Crippen molar-refractivity contribution in [1.29, 1.82) is 0 Å². The van der Waals surface area contributed by atoms with Crippen molar-refractivity contribution < 1.29 is 19.1 Å². The largest absolute Gasteiger partial charge is 0.466 e. The minimum Gasteiger partial charge on any atom is -0.466 e. The summed E-state index contributed by atoms with van der Waals surface area (Å²) in [6.45, 7) is 5.37. The highest BCUT2D eigenvalue weighted by Crippen LogP contribution is 2.14. The van der Waals surface area contributed by atoms with Gasteiger partial charge in [-0.2, -0.15) is 0 Å². The standard InChI is InChI=1S/C16H23NO4/c1-3-20-15(18)10-12-17(13-11-16(19)21-4-2)14-8-6-5-7-9-14/h5-9H,3-4,10-13H2,1-2H3. The smallest absolute Gasteiger partial charge is 0.307 e. The lowest BCUT2D eigenvalue weighted by Gasteiger charge is -2.24. The lowest BCUT2D eigenvalue weighted by Crippen LogP contribution is -2.29. The van der Waals surface area contributed by atoms with Crippen LogP contribution in [-0.4, -0.2) is 38.2 Å². The monoisotopic (exact) mass is 293 g/mol. The van der Waals surface area contributed by atoms with E-state index in [1.807, 2.05) is 35.2 Å². The normalized spacial score (nSPS) is 10.0. The molecule has 0 bridgehead atoms. The first-order valence-corrected chi connectivity index (χ1v) is 7.28. The number of nitrogens with zero attached hydrogens (tertiary/aromatic N) is 1. The molecule has 0 aliphatic heterocycles. The van der Waals surface area contributed by atoms with Crippen LogP contribution in [0.5, 0.6) is 0 Å². The van der Waals surface area contributed by atoms with Gasteiger partial charge < -0.3 is 14.4 Å². The molecule has 0 radical (unpaired) electrons. The van der Waals surface area contributed by atoms with E-state index in [0.717, 1.165) is 5.69 Å². The summed E-state index contributed by atoms with van der Waals surface area (Å²) in [5.41, 5.74) is 0.978. The van der Waals surface area contributed by atoms with E-state index >= 15 is 0 Å². The van der Waals surface area contributed by atoms with E-state index in [4.69, 9.17) is 9.47 Å². The number of carbonyl (C=O) groups excluding carboxylic acids is 2. The molecular formula is C16H23NO4. The molecule has 0 fully saturated rings. The molecule has 0 amide bonds. The van der Waals surface area contributed by atoms with Gasteiger partial charge >= 0.3 is 11.9 Å². The third-order valence-electron chi connectivity index (χ3n) is 2.90. The van der Waals surface area contributed by atoms with Crippen LogP contribution in [0, 0.1) is 0 Å². The zero-order chi connectivity index (χ0) is 15.5. The predicted molar refractivity (Wildman–Crippen MR) is 81.2 cm³/mol. The van der Waals surface area contributed by atoms with Gasteiger partial charge in [0.15, 0.2) is 0 Å². The molecule has 0 aliphatic carbocycles. The van der Waals surface area contributed by atoms with E-state index in [-0.39, 0.29) is 11.9 Å². The summed E-state index contributed by atoms with van der Waals surface area (Å²) in [6.07, 6.45) is 0.594. The van der Waals surface area contributed by atoms with Crippen LogP contribution in [0.25, 0.3) is 0 Å². The van der Waals surface area contributed by atoms with Crippen molar-refractivity contribution in [1.82, 2.24) is 0 Å². The lowest BCUT2D eigenvalue weighted by molar-refractivity contribution is -0.143. The number of anilines is 1. The van der Waals surface area contributed by atoms with Gasteiger partial charge in [0.2, 0.25) is 0 Å². The molecule has 0 heterocycles. The zero-order valence-electron chi connectivity index (χ0n) is 12.7. The van der Waals surface area contributed by atoms with Gasteiger partial charge in [0.25, 0.3) is 0 Å². The van der Waals surface area contributed by atoms with E-state index in [1.165, 1.54) is 0 Å². The molecule has 0 atom stereocenters. The third-order valence-corrected chi connectivity index (χ3v) is 2.90. The molecule has 0 saturated carbocycles. The van der Waals surface area contributed by atoms with E-state index in [2.05, 4.69) is 0 Å². The SMILES string of the molecule is CCOC(=O)CCN(CCC(=O)OCC)c1ccccc1. The predicted octanol–water partition coefficient (Wildman–Crippen LogP) is 2.40. The number of rotatable bonds is 9. The van der Waals surface area contributed by atoms with Crippen molar-refractivity contribution in [3.8, 4) is 0 Å². The van der Waals surface area contributed by atoms with E-state index in [9.17, 15) is 9.59 Å². The van der Waals surface area contributed by atoms with Crippen LogP contribution in [0.1, 0.15) is 26.7 Å². The summed E-state index contributed by atoms with van der Waals surface area (Å²) in [6, 6.07) is 9.69. The summed E-state index contributed by atoms with van der Waals surface area (Å²) in [7, 11) is 0. The molecule has 1 rings (SSSR count). The molecule has 21 heavy (non-hydrogen) atoms. The number of hydrogen-bond donors (Lipinski definition) is 0. The van der Waals surface area contributed by atoms with E-state index < -0.39 is 0 Å². The first-order chi connectivity index (χ1) is 10.2. The van der Waals surface area contributed by atoms with Gasteiger partial charge in [-0.25, -0.2) is 0 Å². The van der Waals surface area contributed by atoms with Crippen LogP contribution in [0.3, 0.4) is 0 Å². The summed E-state index contributed by atoms with van der Waals surface area (Å²) in [5.74, 6) is -0.455. The van der Waals surface area contributed by atoms with Crippen molar-refractivity contribution in [2.75, 3.05) is 31.2 Å². The second-order valence-corrected chi connectivity index (χ2v) is 4.43. The fourth-order valence-electron chi connectivity index (χ4n) is 1.93. The van der Waals surface area contributed by atoms with E-state index in [1.54, 1.807) is 13.8 Å². The van der Waals surface area contributed by atoms with Crippen LogP contribution < -0.4 is 4.90 Å². The molecule has 1 aromatic carbocycles. The zero-order valence-corrected chi connectivity index (χ0v) is 12.7. The Morgan fingerprint density at radius 2 is 1.38 bits per heavy atom. The van der Waals surface area contributed by atoms with Gasteiger partial charge in [-0.15, -0.1) is 0 Å². The molecule has 0 aliphatic rings. The maximum Gasteiger partial charge on any atom is 0.307 e. The van der Waals surface area contributed by atoms with Gasteiger partial charge in [-0.3, -0.25) is 9.59 Å². The number of ether oxygens (including phenoxy) is 2. The highest BCUT2D eigenvalue weighted by Gasteiger charge is 2.12. The first-order valence-electron chi connectivity index (χ1n) is 7.28. The van der Waals surface area contributed by atoms with Gasteiger partial charge in [0, 0.05) is 18.8 Å². The highest BCUT2D eigenvalue weighted by atomic mass is 16.5. The van der Waals surface area contributed by atoms with Crippen molar-refractivity contribution >= 4 is 17.6 Å². The third kappa shape index (κ3) is 6.79. The van der Waals surface area contributed by atoms with Crippen LogP contribution >= 0.6 is 0 Å². The maximum absolute atomic E-state index is 11.5. The fourth-order valence-corrected chi connectivity index (χ4v) is 1.93. The Bertz CT molecular complexity index is 411. The molecule has 5 nitrogen and oxygen atoms in total. The number of esters is 2. The second-order valence-electron chi connectivity index (χ2n) is 4.43. The number of carbonyl (C=O) groups is 2. The molecular weight excluding hydrogens is 270 g/mol. The lowest BCUT2D eigenvalue weighted by atomic mass is 10.2. The molecule has 0 saturated heterocycles. The van der Waals surface area contributed by atoms with Crippen LogP contribution in [0.15, 0.2) is 30.3 Å². The Labute approximate surface area is 125 Å². The van der Waals surface area contributed by atoms with Crippen molar-refractivity contribution in [2.24, 2.45) is 0 Å². The van der Waals surface area contributed by atoms with Gasteiger partial charge in [-0.05, 0) is 26.0 Å². The van der Waals surface area contributed by atoms with E-state index in [0.29, 0.717) is 39.1 Å². The Morgan fingerprint density at radius 1 is 0.905 bits per heavy atom. The number of hydrogen-bond acceptors (Lipinski definition) is 5. The number of benzene rings is 1. The Kier molecular flexibility index (Phi) is 7.94. The highest BCUT2D eigenvalue weighted by molar-refractivity contribution is 5.71. The molecule has 5 heteroatoms. The molecule has 1 aromatic rings. The summed E-state index contributed by atoms with van der Waals surface area (Å²) >= 11 is 0. The molecule has 0 spiro atoms. The summed E-state index contributed by atoms with van der Waals surface area (Å²) < 4.78 is 9.87. The van der Waals surface area contributed by atoms with Crippen LogP contribution in [0.4, 0.5) is 5.69 Å². The van der Waals surface area contributed by atoms with Crippen molar-refractivity contribution in [3.63, 3.8) is 0 Å². The van der Waals surface area contributed by atoms with Crippen LogP contribution in [0.2, 0.25) is 0 Å². The molecule has 0 unspecified atom stereocenters. The molecule has 116 valence electrons. The topological polar surface area (TPSA) is 55.8 Å². The Morgan fingerprint density at radius 3 is 1.81 bits per heavy atom. The quantitative estimate of drug-likeness (QED) is 0.654.